The molecule has 0 aliphatic carbocycles. The molecule has 0 bridgehead atoms. The summed E-state index contributed by atoms with van der Waals surface area (Å²) < 4.78 is 10.0. The molecule has 0 aromatic carbocycles. The van der Waals surface area contributed by atoms with E-state index in [0.717, 1.165) is 0 Å². The number of hydrogen-bond donors (Lipinski definition) is 1. The number of carboxylic acids is 1. The van der Waals surface area contributed by atoms with Gasteiger partial charge in [0, 0.05) is 31.7 Å². The lowest BCUT2D eigenvalue weighted by Gasteiger charge is -2.07. The van der Waals surface area contributed by atoms with Gasteiger partial charge in [-0.2, -0.15) is 4.98 Å². The molecule has 94 valence electrons. The van der Waals surface area contributed by atoms with Crippen LogP contribution in [0.1, 0.15) is 17.8 Å². The van der Waals surface area contributed by atoms with E-state index in [4.69, 9.17) is 14.6 Å². The molecule has 0 spiro atoms. The zero-order valence-corrected chi connectivity index (χ0v) is 9.97. The molecule has 0 aliphatic heterocycles. The highest BCUT2D eigenvalue weighted by Crippen LogP contribution is 2.16. The van der Waals surface area contributed by atoms with Crippen LogP contribution in [0.2, 0.25) is 0 Å². The van der Waals surface area contributed by atoms with E-state index in [1.807, 2.05) is 0 Å². The van der Waals surface area contributed by atoms with Crippen molar-refractivity contribution in [2.45, 2.75) is 19.3 Å². The van der Waals surface area contributed by atoms with Crippen molar-refractivity contribution in [3.8, 4) is 5.88 Å². The standard InChI is InChI=1S/C11H16N2O4/c1-16-6-5-9-12-7-8(3-4-10(14)15)11(13-9)17-2/h7H,3-6H2,1-2H3,(H,14,15). The monoisotopic (exact) mass is 240 g/mol. The van der Waals surface area contributed by atoms with Crippen LogP contribution < -0.4 is 4.74 Å². The maximum absolute atomic E-state index is 10.5. The van der Waals surface area contributed by atoms with Crippen LogP contribution in [-0.4, -0.2) is 41.9 Å². The Hall–Kier alpha value is -1.69. The minimum atomic E-state index is -0.851. The van der Waals surface area contributed by atoms with E-state index in [0.29, 0.717) is 36.7 Å². The predicted octanol–water partition coefficient (Wildman–Crippen LogP) is 0.691. The van der Waals surface area contributed by atoms with Gasteiger partial charge in [0.25, 0.3) is 0 Å². The fraction of sp³-hybridized carbons (Fsp3) is 0.545. The predicted molar refractivity (Wildman–Crippen MR) is 60.1 cm³/mol. The molecule has 6 heteroatoms. The first-order valence-corrected chi connectivity index (χ1v) is 5.27. The van der Waals surface area contributed by atoms with E-state index in [-0.39, 0.29) is 6.42 Å². The average Bonchev–Trinajstić information content (AvgIpc) is 2.34. The second-order valence-electron chi connectivity index (χ2n) is 3.46. The van der Waals surface area contributed by atoms with Crippen LogP contribution in [0, 0.1) is 0 Å². The highest BCUT2D eigenvalue weighted by atomic mass is 16.5. The second-order valence-corrected chi connectivity index (χ2v) is 3.46. The fourth-order valence-electron chi connectivity index (χ4n) is 1.33. The summed E-state index contributed by atoms with van der Waals surface area (Å²) in [6.07, 6.45) is 2.62. The van der Waals surface area contributed by atoms with Crippen LogP contribution in [-0.2, 0) is 22.4 Å². The molecule has 0 saturated carbocycles. The Balaban J connectivity index is 2.74. The Kier molecular flexibility index (Phi) is 5.35. The Bertz CT molecular complexity index is 382. The number of hydrogen-bond acceptors (Lipinski definition) is 5. The molecule has 1 rings (SSSR count). The first-order chi connectivity index (χ1) is 8.17. The number of methoxy groups -OCH3 is 2. The molecule has 1 aromatic heterocycles. The number of aromatic nitrogens is 2. The number of aryl methyl sites for hydroxylation is 1. The van der Waals surface area contributed by atoms with Crippen molar-refractivity contribution >= 4 is 5.97 Å². The largest absolute Gasteiger partial charge is 0.481 e. The third-order valence-electron chi connectivity index (χ3n) is 2.21. The van der Waals surface area contributed by atoms with Gasteiger partial charge >= 0.3 is 5.97 Å². The van der Waals surface area contributed by atoms with Gasteiger partial charge in [0.05, 0.1) is 13.7 Å². The summed E-state index contributed by atoms with van der Waals surface area (Å²) in [5.74, 6) is 0.214. The van der Waals surface area contributed by atoms with Gasteiger partial charge in [-0.1, -0.05) is 0 Å². The number of rotatable bonds is 7. The van der Waals surface area contributed by atoms with Crippen LogP contribution in [0.15, 0.2) is 6.20 Å². The van der Waals surface area contributed by atoms with E-state index >= 15 is 0 Å². The number of carboxylic acid groups (broad SMARTS) is 1. The highest BCUT2D eigenvalue weighted by molar-refractivity contribution is 5.67. The maximum Gasteiger partial charge on any atom is 0.303 e. The molecule has 1 N–H and O–H groups in total. The Morgan fingerprint density at radius 2 is 2.18 bits per heavy atom. The normalized spacial score (nSPS) is 10.2. The zero-order valence-electron chi connectivity index (χ0n) is 9.97. The van der Waals surface area contributed by atoms with Gasteiger partial charge < -0.3 is 14.6 Å². The maximum atomic E-state index is 10.5. The third-order valence-corrected chi connectivity index (χ3v) is 2.21. The van der Waals surface area contributed by atoms with Crippen LogP contribution in [0.5, 0.6) is 5.88 Å². The van der Waals surface area contributed by atoms with Gasteiger partial charge in [-0.05, 0) is 6.42 Å². The van der Waals surface area contributed by atoms with Crippen molar-refractivity contribution in [2.75, 3.05) is 20.8 Å². The number of carbonyl (C=O) groups is 1. The lowest BCUT2D eigenvalue weighted by molar-refractivity contribution is -0.136. The topological polar surface area (TPSA) is 81.5 Å². The number of ether oxygens (including phenoxy) is 2. The van der Waals surface area contributed by atoms with Gasteiger partial charge in [-0.3, -0.25) is 4.79 Å². The molecule has 0 saturated heterocycles. The van der Waals surface area contributed by atoms with Crippen molar-refractivity contribution < 1.29 is 19.4 Å². The Labute approximate surface area is 99.6 Å². The molecular weight excluding hydrogens is 224 g/mol. The van der Waals surface area contributed by atoms with Crippen LogP contribution in [0.3, 0.4) is 0 Å². The van der Waals surface area contributed by atoms with Gasteiger partial charge in [-0.15, -0.1) is 0 Å². The molecule has 0 atom stereocenters. The minimum absolute atomic E-state index is 0.0388. The first kappa shape index (κ1) is 13.4. The third kappa shape index (κ3) is 4.36. The van der Waals surface area contributed by atoms with Crippen LogP contribution in [0.4, 0.5) is 0 Å². The van der Waals surface area contributed by atoms with E-state index in [9.17, 15) is 4.79 Å². The Morgan fingerprint density at radius 3 is 2.76 bits per heavy atom. The van der Waals surface area contributed by atoms with Gasteiger partial charge in [0.1, 0.15) is 5.82 Å². The van der Waals surface area contributed by atoms with Gasteiger partial charge in [-0.25, -0.2) is 4.98 Å². The van der Waals surface area contributed by atoms with E-state index in [1.165, 1.54) is 7.11 Å². The number of nitrogens with zero attached hydrogens (tertiary/aromatic N) is 2. The van der Waals surface area contributed by atoms with Crippen molar-refractivity contribution in [1.29, 1.82) is 0 Å². The SMILES string of the molecule is COCCc1ncc(CCC(=O)O)c(OC)n1. The van der Waals surface area contributed by atoms with Crippen molar-refractivity contribution in [1.82, 2.24) is 9.97 Å². The van der Waals surface area contributed by atoms with Gasteiger partial charge in [0.2, 0.25) is 5.88 Å². The van der Waals surface area contributed by atoms with Crippen molar-refractivity contribution in [3.63, 3.8) is 0 Å². The molecule has 0 unspecified atom stereocenters. The molecule has 1 heterocycles. The quantitative estimate of drug-likeness (QED) is 0.755. The fourth-order valence-corrected chi connectivity index (χ4v) is 1.33. The minimum Gasteiger partial charge on any atom is -0.481 e. The summed E-state index contributed by atoms with van der Waals surface area (Å²) in [5.41, 5.74) is 0.705. The van der Waals surface area contributed by atoms with E-state index < -0.39 is 5.97 Å². The molecule has 0 radical (unpaired) electrons. The summed E-state index contributed by atoms with van der Waals surface area (Å²) in [6, 6.07) is 0. The summed E-state index contributed by atoms with van der Waals surface area (Å²) in [4.78, 5) is 18.8. The molecule has 0 amide bonds. The summed E-state index contributed by atoms with van der Waals surface area (Å²) in [6.45, 7) is 0.539. The lowest BCUT2D eigenvalue weighted by atomic mass is 10.2. The molecule has 6 nitrogen and oxygen atoms in total. The van der Waals surface area contributed by atoms with Crippen LogP contribution >= 0.6 is 0 Å². The first-order valence-electron chi connectivity index (χ1n) is 5.27. The van der Waals surface area contributed by atoms with Crippen molar-refractivity contribution in [3.05, 3.63) is 17.6 Å². The molecule has 17 heavy (non-hydrogen) atoms. The van der Waals surface area contributed by atoms with Crippen LogP contribution in [0.25, 0.3) is 0 Å². The Morgan fingerprint density at radius 1 is 1.41 bits per heavy atom. The molecule has 0 aliphatic rings. The van der Waals surface area contributed by atoms with Crippen molar-refractivity contribution in [2.24, 2.45) is 0 Å². The summed E-state index contributed by atoms with van der Waals surface area (Å²) in [7, 11) is 3.12. The van der Waals surface area contributed by atoms with E-state index in [2.05, 4.69) is 9.97 Å². The molecular formula is C11H16N2O4. The zero-order chi connectivity index (χ0) is 12.7. The summed E-state index contributed by atoms with van der Waals surface area (Å²) >= 11 is 0. The van der Waals surface area contributed by atoms with Gasteiger partial charge in [0.15, 0.2) is 0 Å². The lowest BCUT2D eigenvalue weighted by Crippen LogP contribution is -2.06. The highest BCUT2D eigenvalue weighted by Gasteiger charge is 2.09. The molecule has 0 fully saturated rings. The van der Waals surface area contributed by atoms with E-state index in [1.54, 1.807) is 13.3 Å². The molecule has 1 aromatic rings. The second kappa shape index (κ2) is 6.80. The summed E-state index contributed by atoms with van der Waals surface area (Å²) in [5, 5.41) is 8.61. The number of aliphatic carboxylic acids is 1. The smallest absolute Gasteiger partial charge is 0.303 e. The average molecular weight is 240 g/mol.